The van der Waals surface area contributed by atoms with Crippen molar-refractivity contribution in [3.63, 3.8) is 0 Å². The molecule has 0 radical (unpaired) electrons. The Morgan fingerprint density at radius 2 is 1.77 bits per heavy atom. The molecule has 0 saturated carbocycles. The van der Waals surface area contributed by atoms with Crippen molar-refractivity contribution in [2.24, 2.45) is 0 Å². The molecule has 6 nitrogen and oxygen atoms in total. The maximum atomic E-state index is 13.1. The van der Waals surface area contributed by atoms with E-state index in [0.717, 1.165) is 22.2 Å². The highest BCUT2D eigenvalue weighted by Gasteiger charge is 2.35. The van der Waals surface area contributed by atoms with Crippen molar-refractivity contribution >= 4 is 50.9 Å². The molecule has 3 aromatic rings. The van der Waals surface area contributed by atoms with Gasteiger partial charge in [0.15, 0.2) is 11.5 Å². The Balaban J connectivity index is 1.55. The number of thioether (sulfide) groups is 1. The summed E-state index contributed by atoms with van der Waals surface area (Å²) in [4.78, 5) is 39.2. The van der Waals surface area contributed by atoms with Gasteiger partial charge in [0, 0.05) is 0 Å². The summed E-state index contributed by atoms with van der Waals surface area (Å²) in [6, 6.07) is 15.9. The van der Waals surface area contributed by atoms with Gasteiger partial charge < -0.3 is 9.47 Å². The molecule has 1 heterocycles. The molecule has 0 atom stereocenters. The molecule has 9 heteroatoms. The van der Waals surface area contributed by atoms with Crippen molar-refractivity contribution < 1.29 is 28.2 Å². The number of amides is 2. The van der Waals surface area contributed by atoms with Crippen molar-refractivity contribution in [2.75, 3.05) is 7.11 Å². The van der Waals surface area contributed by atoms with Gasteiger partial charge in [0.25, 0.3) is 11.1 Å². The lowest BCUT2D eigenvalue weighted by atomic mass is 10.1. The van der Waals surface area contributed by atoms with Crippen LogP contribution in [0.15, 0.2) is 70.0 Å². The van der Waals surface area contributed by atoms with Crippen LogP contribution in [0.2, 0.25) is 0 Å². The second-order valence-electron chi connectivity index (χ2n) is 7.68. The van der Waals surface area contributed by atoms with E-state index in [0.29, 0.717) is 21.2 Å². The minimum absolute atomic E-state index is 0.0448. The fourth-order valence-corrected chi connectivity index (χ4v) is 4.70. The van der Waals surface area contributed by atoms with Crippen LogP contribution in [0.4, 0.5) is 9.18 Å². The number of imide groups is 1. The molecular weight excluding hydrogens is 537 g/mol. The highest BCUT2D eigenvalue weighted by Crippen LogP contribution is 2.39. The van der Waals surface area contributed by atoms with Gasteiger partial charge in [-0.1, -0.05) is 29.8 Å². The third-order valence-electron chi connectivity index (χ3n) is 5.16. The minimum atomic E-state index is -0.543. The molecule has 1 fully saturated rings. The minimum Gasteiger partial charge on any atom is -0.493 e. The van der Waals surface area contributed by atoms with Gasteiger partial charge >= 0.3 is 5.97 Å². The van der Waals surface area contributed by atoms with E-state index in [1.54, 1.807) is 30.3 Å². The number of aryl methyl sites for hydroxylation is 1. The fraction of sp³-hybridized carbons (Fsp3) is 0.115. The standard InChI is InChI=1S/C26H19BrFNO5S/c1-15-3-7-18(8-4-15)25(31)34-23-20(27)11-17(12-21(23)33-2)13-22-24(30)29(26(32)35-22)14-16-5-9-19(28)10-6-16/h3-13H,14H2,1-2H3/b22-13-. The number of carbonyl (C=O) groups is 3. The zero-order chi connectivity index (χ0) is 25.1. The Bertz CT molecular complexity index is 1340. The second kappa shape index (κ2) is 10.5. The Kier molecular flexibility index (Phi) is 7.37. The van der Waals surface area contributed by atoms with E-state index in [4.69, 9.17) is 9.47 Å². The molecule has 3 aromatic carbocycles. The van der Waals surface area contributed by atoms with E-state index < -0.39 is 22.9 Å². The molecule has 1 aliphatic heterocycles. The Labute approximate surface area is 213 Å². The fourth-order valence-electron chi connectivity index (χ4n) is 3.32. The van der Waals surface area contributed by atoms with Crippen LogP contribution in [0.3, 0.4) is 0 Å². The molecule has 1 saturated heterocycles. The van der Waals surface area contributed by atoms with Gasteiger partial charge in [-0.05, 0) is 88.2 Å². The van der Waals surface area contributed by atoms with E-state index in [1.807, 2.05) is 19.1 Å². The van der Waals surface area contributed by atoms with Crippen LogP contribution < -0.4 is 9.47 Å². The lowest BCUT2D eigenvalue weighted by Gasteiger charge is -2.13. The number of carbonyl (C=O) groups excluding carboxylic acids is 3. The number of nitrogens with zero attached hydrogens (tertiary/aromatic N) is 1. The van der Waals surface area contributed by atoms with Crippen molar-refractivity contribution in [3.05, 3.63) is 98.1 Å². The molecule has 0 N–H and O–H groups in total. The number of ether oxygens (including phenoxy) is 2. The van der Waals surface area contributed by atoms with Crippen molar-refractivity contribution in [1.29, 1.82) is 0 Å². The quantitative estimate of drug-likeness (QED) is 0.200. The molecule has 0 aliphatic carbocycles. The highest BCUT2D eigenvalue weighted by molar-refractivity contribution is 9.10. The second-order valence-corrected chi connectivity index (χ2v) is 9.53. The van der Waals surface area contributed by atoms with Crippen LogP contribution in [-0.4, -0.2) is 29.1 Å². The van der Waals surface area contributed by atoms with Gasteiger partial charge in [-0.25, -0.2) is 9.18 Å². The molecule has 1 aliphatic rings. The molecule has 2 amide bonds. The monoisotopic (exact) mass is 555 g/mol. The van der Waals surface area contributed by atoms with Gasteiger partial charge in [-0.3, -0.25) is 14.5 Å². The van der Waals surface area contributed by atoms with Crippen molar-refractivity contribution in [3.8, 4) is 11.5 Å². The first-order valence-electron chi connectivity index (χ1n) is 10.4. The maximum Gasteiger partial charge on any atom is 0.343 e. The largest absolute Gasteiger partial charge is 0.493 e. The summed E-state index contributed by atoms with van der Waals surface area (Å²) in [5.74, 6) is -0.917. The van der Waals surface area contributed by atoms with E-state index in [-0.39, 0.29) is 22.9 Å². The molecule has 0 unspecified atom stereocenters. The molecule has 35 heavy (non-hydrogen) atoms. The summed E-state index contributed by atoms with van der Waals surface area (Å²) in [5.41, 5.74) is 2.62. The summed E-state index contributed by atoms with van der Waals surface area (Å²) in [6.45, 7) is 1.97. The normalized spacial score (nSPS) is 14.5. The van der Waals surface area contributed by atoms with E-state index in [9.17, 15) is 18.8 Å². The number of rotatable bonds is 6. The van der Waals surface area contributed by atoms with Crippen LogP contribution in [0.5, 0.6) is 11.5 Å². The van der Waals surface area contributed by atoms with Gasteiger partial charge in [0.05, 0.1) is 28.6 Å². The SMILES string of the molecule is COc1cc(/C=C2\SC(=O)N(Cc3ccc(F)cc3)C2=O)cc(Br)c1OC(=O)c1ccc(C)cc1. The number of halogens is 2. The van der Waals surface area contributed by atoms with E-state index in [1.165, 1.54) is 31.4 Å². The Morgan fingerprint density at radius 1 is 1.09 bits per heavy atom. The first-order chi connectivity index (χ1) is 16.7. The van der Waals surface area contributed by atoms with Crippen LogP contribution in [0.1, 0.15) is 27.0 Å². The molecule has 0 bridgehead atoms. The lowest BCUT2D eigenvalue weighted by Crippen LogP contribution is -2.27. The molecule has 178 valence electrons. The van der Waals surface area contributed by atoms with Gasteiger partial charge in [0.2, 0.25) is 0 Å². The Hall–Kier alpha value is -3.43. The average molecular weight is 556 g/mol. The third-order valence-corrected chi connectivity index (χ3v) is 6.66. The molecule has 4 rings (SSSR count). The number of hydrogen-bond acceptors (Lipinski definition) is 6. The van der Waals surface area contributed by atoms with E-state index in [2.05, 4.69) is 15.9 Å². The first kappa shape index (κ1) is 24.7. The summed E-state index contributed by atoms with van der Waals surface area (Å²) < 4.78 is 24.6. The zero-order valence-corrected chi connectivity index (χ0v) is 21.1. The summed E-state index contributed by atoms with van der Waals surface area (Å²) in [5, 5.41) is -0.416. The molecule has 0 aromatic heterocycles. The first-order valence-corrected chi connectivity index (χ1v) is 12.0. The summed E-state index contributed by atoms with van der Waals surface area (Å²) in [6.07, 6.45) is 1.56. The van der Waals surface area contributed by atoms with Crippen LogP contribution in [0.25, 0.3) is 6.08 Å². The molecular formula is C26H19BrFNO5S. The van der Waals surface area contributed by atoms with Gasteiger partial charge in [0.1, 0.15) is 5.82 Å². The molecule has 0 spiro atoms. The van der Waals surface area contributed by atoms with Crippen LogP contribution in [-0.2, 0) is 11.3 Å². The van der Waals surface area contributed by atoms with E-state index >= 15 is 0 Å². The van der Waals surface area contributed by atoms with Gasteiger partial charge in [-0.2, -0.15) is 0 Å². The predicted octanol–water partition coefficient (Wildman–Crippen LogP) is 6.36. The average Bonchev–Trinajstić information content (AvgIpc) is 3.09. The third kappa shape index (κ3) is 5.63. The number of benzene rings is 3. The zero-order valence-electron chi connectivity index (χ0n) is 18.7. The highest BCUT2D eigenvalue weighted by atomic mass is 79.9. The number of hydrogen-bond donors (Lipinski definition) is 0. The van der Waals surface area contributed by atoms with Crippen molar-refractivity contribution in [2.45, 2.75) is 13.5 Å². The van der Waals surface area contributed by atoms with Gasteiger partial charge in [-0.15, -0.1) is 0 Å². The number of methoxy groups -OCH3 is 1. The Morgan fingerprint density at radius 3 is 2.43 bits per heavy atom. The predicted molar refractivity (Wildman–Crippen MR) is 135 cm³/mol. The summed E-state index contributed by atoms with van der Waals surface area (Å²) in [7, 11) is 1.44. The van der Waals surface area contributed by atoms with Crippen molar-refractivity contribution in [1.82, 2.24) is 4.90 Å². The number of esters is 1. The maximum absolute atomic E-state index is 13.1. The smallest absolute Gasteiger partial charge is 0.343 e. The van der Waals surface area contributed by atoms with Crippen LogP contribution in [0, 0.1) is 12.7 Å². The lowest BCUT2D eigenvalue weighted by molar-refractivity contribution is -0.123. The summed E-state index contributed by atoms with van der Waals surface area (Å²) >= 11 is 4.22. The topological polar surface area (TPSA) is 72.9 Å². The van der Waals surface area contributed by atoms with Crippen LogP contribution >= 0.6 is 27.7 Å².